The number of H-pyrrole nitrogens is 1. The summed E-state index contributed by atoms with van der Waals surface area (Å²) in [7, 11) is 0. The Bertz CT molecular complexity index is 1100. The molecule has 0 aliphatic heterocycles. The minimum atomic E-state index is -4.33. The third kappa shape index (κ3) is 3.42. The van der Waals surface area contributed by atoms with Crippen LogP contribution in [0.25, 0.3) is 10.9 Å². The second-order valence-electron chi connectivity index (χ2n) is 8.43. The molecule has 2 aromatic carbocycles. The van der Waals surface area contributed by atoms with E-state index >= 15 is 0 Å². The predicted octanol–water partition coefficient (Wildman–Crippen LogP) is 6.35. The van der Waals surface area contributed by atoms with E-state index in [0.29, 0.717) is 11.5 Å². The van der Waals surface area contributed by atoms with Crippen molar-refractivity contribution in [2.75, 3.05) is 0 Å². The average Bonchev–Trinajstić information content (AvgIpc) is 3.13. The number of hydrogen-bond acceptors (Lipinski definition) is 3. The zero-order chi connectivity index (χ0) is 21.7. The Kier molecular flexibility index (Phi) is 4.79. The van der Waals surface area contributed by atoms with Crippen LogP contribution in [0.1, 0.15) is 49.8 Å². The molecule has 1 fully saturated rings. The fourth-order valence-electron chi connectivity index (χ4n) is 4.25. The Hall–Kier alpha value is -2.96. The summed E-state index contributed by atoms with van der Waals surface area (Å²) < 4.78 is 44.7. The maximum Gasteiger partial charge on any atom is 0.416 e. The monoisotopic (exact) mass is 416 g/mol. The lowest BCUT2D eigenvalue weighted by Gasteiger charge is -2.51. The Morgan fingerprint density at radius 3 is 2.47 bits per heavy atom. The fraction of sp³-hybridized carbons (Fsp3) is 0.348. The van der Waals surface area contributed by atoms with E-state index in [2.05, 4.69) is 24.0 Å². The SMILES string of the molecule is C/C(=N/O)c1c[nH]c2ccc(O[C@H]3C[C@@H](c4ccc(C(F)(F)F)cc4)C3(C)C)cc12. The molecule has 1 saturated carbocycles. The molecule has 158 valence electrons. The van der Waals surface area contributed by atoms with E-state index in [1.165, 1.54) is 0 Å². The van der Waals surface area contributed by atoms with E-state index in [1.54, 1.807) is 25.3 Å². The van der Waals surface area contributed by atoms with Crippen LogP contribution in [0.5, 0.6) is 5.75 Å². The van der Waals surface area contributed by atoms with Gasteiger partial charge in [-0.15, -0.1) is 0 Å². The van der Waals surface area contributed by atoms with E-state index in [-0.39, 0.29) is 17.4 Å². The standard InChI is InChI=1S/C23H23F3N2O2/c1-13(28-29)18-12-27-20-9-8-16(10-17(18)20)30-21-11-19(22(21,2)3)14-4-6-15(7-5-14)23(24,25)26/h4-10,12,19,21,27,29H,11H2,1-3H3/b28-13-/t19-,21-/m0/s1. The van der Waals surface area contributed by atoms with Gasteiger partial charge in [0.15, 0.2) is 0 Å². The predicted molar refractivity (Wildman–Crippen MR) is 109 cm³/mol. The molecule has 0 spiro atoms. The van der Waals surface area contributed by atoms with E-state index < -0.39 is 11.7 Å². The Morgan fingerprint density at radius 2 is 1.87 bits per heavy atom. The van der Waals surface area contributed by atoms with Crippen molar-refractivity contribution in [3.63, 3.8) is 0 Å². The van der Waals surface area contributed by atoms with Crippen molar-refractivity contribution in [1.82, 2.24) is 4.98 Å². The summed E-state index contributed by atoms with van der Waals surface area (Å²) >= 11 is 0. The average molecular weight is 416 g/mol. The second kappa shape index (κ2) is 7.07. The highest BCUT2D eigenvalue weighted by atomic mass is 19.4. The third-order valence-corrected chi connectivity index (χ3v) is 6.29. The molecular weight excluding hydrogens is 393 g/mol. The summed E-state index contributed by atoms with van der Waals surface area (Å²) in [6, 6.07) is 11.1. The molecule has 1 heterocycles. The van der Waals surface area contributed by atoms with Gasteiger partial charge in [0.1, 0.15) is 11.9 Å². The van der Waals surface area contributed by atoms with E-state index in [4.69, 9.17) is 9.94 Å². The van der Waals surface area contributed by atoms with Crippen molar-refractivity contribution in [2.24, 2.45) is 10.6 Å². The number of ether oxygens (including phenoxy) is 1. The molecule has 0 unspecified atom stereocenters. The smallest absolute Gasteiger partial charge is 0.416 e. The van der Waals surface area contributed by atoms with Gasteiger partial charge in [0, 0.05) is 28.1 Å². The molecular formula is C23H23F3N2O2. The lowest BCUT2D eigenvalue weighted by molar-refractivity contribution is -0.137. The van der Waals surface area contributed by atoms with Crippen molar-refractivity contribution in [2.45, 2.75) is 45.4 Å². The van der Waals surface area contributed by atoms with E-state index in [0.717, 1.165) is 40.6 Å². The van der Waals surface area contributed by atoms with Gasteiger partial charge < -0.3 is 14.9 Å². The van der Waals surface area contributed by atoms with Gasteiger partial charge in [0.25, 0.3) is 0 Å². The molecule has 7 heteroatoms. The van der Waals surface area contributed by atoms with Gasteiger partial charge in [-0.2, -0.15) is 13.2 Å². The van der Waals surface area contributed by atoms with Crippen LogP contribution in [-0.4, -0.2) is 22.0 Å². The molecule has 1 aliphatic rings. The molecule has 0 saturated heterocycles. The number of benzene rings is 2. The van der Waals surface area contributed by atoms with E-state index in [1.807, 2.05) is 18.2 Å². The molecule has 2 atom stereocenters. The molecule has 1 aliphatic carbocycles. The fourth-order valence-corrected chi connectivity index (χ4v) is 4.25. The van der Waals surface area contributed by atoms with Crippen LogP contribution in [0, 0.1) is 5.41 Å². The van der Waals surface area contributed by atoms with Gasteiger partial charge in [-0.3, -0.25) is 0 Å². The number of rotatable bonds is 4. The molecule has 3 aromatic rings. The molecule has 2 N–H and O–H groups in total. The molecule has 0 amide bonds. The number of fused-ring (bicyclic) bond motifs is 1. The van der Waals surface area contributed by atoms with Gasteiger partial charge >= 0.3 is 6.18 Å². The third-order valence-electron chi connectivity index (χ3n) is 6.29. The number of alkyl halides is 3. The van der Waals surface area contributed by atoms with Gasteiger partial charge in [-0.25, -0.2) is 0 Å². The first-order chi connectivity index (χ1) is 14.1. The first-order valence-electron chi connectivity index (χ1n) is 9.75. The maximum atomic E-state index is 12.8. The number of nitrogens with one attached hydrogen (secondary N) is 1. The summed E-state index contributed by atoms with van der Waals surface area (Å²) in [5, 5.41) is 13.3. The number of aromatic nitrogens is 1. The summed E-state index contributed by atoms with van der Waals surface area (Å²) in [6.07, 6.45) is -1.86. The van der Waals surface area contributed by atoms with Crippen LogP contribution in [0.15, 0.2) is 53.8 Å². The van der Waals surface area contributed by atoms with Gasteiger partial charge in [0.05, 0.1) is 11.3 Å². The lowest BCUT2D eigenvalue weighted by atomic mass is 9.57. The Labute approximate surface area is 172 Å². The number of halogens is 3. The van der Waals surface area contributed by atoms with Crippen LogP contribution >= 0.6 is 0 Å². The van der Waals surface area contributed by atoms with Crippen LogP contribution in [-0.2, 0) is 6.18 Å². The minimum Gasteiger partial charge on any atom is -0.490 e. The van der Waals surface area contributed by atoms with Crippen molar-refractivity contribution in [3.05, 3.63) is 65.4 Å². The quantitative estimate of drug-likeness (QED) is 0.296. The molecule has 0 bridgehead atoms. The Balaban J connectivity index is 1.52. The van der Waals surface area contributed by atoms with Crippen molar-refractivity contribution in [1.29, 1.82) is 0 Å². The second-order valence-corrected chi connectivity index (χ2v) is 8.43. The largest absolute Gasteiger partial charge is 0.490 e. The first kappa shape index (κ1) is 20.3. The molecule has 4 rings (SSSR count). The van der Waals surface area contributed by atoms with Crippen LogP contribution in [0.4, 0.5) is 13.2 Å². The van der Waals surface area contributed by atoms with Crippen LogP contribution in [0.2, 0.25) is 0 Å². The first-order valence-corrected chi connectivity index (χ1v) is 9.75. The summed E-state index contributed by atoms with van der Waals surface area (Å²) in [5.41, 5.74) is 2.26. The summed E-state index contributed by atoms with van der Waals surface area (Å²) in [4.78, 5) is 3.14. The van der Waals surface area contributed by atoms with Crippen molar-refractivity contribution in [3.8, 4) is 5.75 Å². The highest BCUT2D eigenvalue weighted by Crippen LogP contribution is 2.54. The highest BCUT2D eigenvalue weighted by molar-refractivity contribution is 6.09. The number of aromatic amines is 1. The topological polar surface area (TPSA) is 57.6 Å². The van der Waals surface area contributed by atoms with Crippen LogP contribution in [0.3, 0.4) is 0 Å². The van der Waals surface area contributed by atoms with E-state index in [9.17, 15) is 13.2 Å². The van der Waals surface area contributed by atoms with Gasteiger partial charge in [0.2, 0.25) is 0 Å². The molecule has 0 radical (unpaired) electrons. The normalized spacial score (nSPS) is 21.5. The number of hydrogen-bond donors (Lipinski definition) is 2. The zero-order valence-electron chi connectivity index (χ0n) is 16.9. The zero-order valence-corrected chi connectivity index (χ0v) is 16.9. The number of oxime groups is 1. The van der Waals surface area contributed by atoms with Gasteiger partial charge in [-0.1, -0.05) is 31.1 Å². The number of nitrogens with zero attached hydrogens (tertiary/aromatic N) is 1. The minimum absolute atomic E-state index is 0.0581. The van der Waals surface area contributed by atoms with Crippen molar-refractivity contribution < 1.29 is 23.1 Å². The Morgan fingerprint density at radius 1 is 1.17 bits per heavy atom. The van der Waals surface area contributed by atoms with Gasteiger partial charge in [-0.05, 0) is 55.2 Å². The summed E-state index contributed by atoms with van der Waals surface area (Å²) in [6.45, 7) is 5.87. The van der Waals surface area contributed by atoms with Crippen LogP contribution < -0.4 is 4.74 Å². The molecule has 4 nitrogen and oxygen atoms in total. The molecule has 30 heavy (non-hydrogen) atoms. The molecule has 1 aromatic heterocycles. The van der Waals surface area contributed by atoms with Crippen molar-refractivity contribution >= 4 is 16.6 Å². The maximum absolute atomic E-state index is 12.8. The lowest BCUT2D eigenvalue weighted by Crippen LogP contribution is -2.50. The highest BCUT2D eigenvalue weighted by Gasteiger charge is 2.50. The summed E-state index contributed by atoms with van der Waals surface area (Å²) in [5.74, 6) is 0.832.